The molecule has 0 radical (unpaired) electrons. The van der Waals surface area contributed by atoms with Crippen molar-refractivity contribution in [1.82, 2.24) is 0 Å². The topological polar surface area (TPSA) is 156 Å². The summed E-state index contributed by atoms with van der Waals surface area (Å²) >= 11 is 0. The summed E-state index contributed by atoms with van der Waals surface area (Å²) < 4.78 is 0. The molecule has 0 atom stereocenters. The van der Waals surface area contributed by atoms with E-state index in [0.29, 0.717) is 0 Å². The van der Waals surface area contributed by atoms with Crippen molar-refractivity contribution >= 4 is 159 Å². The second-order valence-corrected chi connectivity index (χ2v) is 3.06. The van der Waals surface area contributed by atoms with E-state index in [2.05, 4.69) is 12.1 Å². The van der Waals surface area contributed by atoms with Crippen molar-refractivity contribution in [3.63, 3.8) is 0 Å². The Balaban J connectivity index is -0.0000000709. The number of benzene rings is 2. The molecule has 0 saturated heterocycles. The molecule has 0 amide bonds. The van der Waals surface area contributed by atoms with E-state index in [9.17, 15) is 0 Å². The van der Waals surface area contributed by atoms with Crippen LogP contribution in [-0.2, 0) is 0 Å². The number of phenols is 2. The van der Waals surface area contributed by atoms with Gasteiger partial charge in [0.05, 0.1) is 0 Å². The maximum Gasteiger partial charge on any atom is 2.00 e. The van der Waals surface area contributed by atoms with Crippen LogP contribution < -0.4 is 0 Å². The van der Waals surface area contributed by atoms with Crippen LogP contribution in [0.4, 0.5) is 9.59 Å². The molecule has 0 unspecified atom stereocenters. The van der Waals surface area contributed by atoms with E-state index in [0.717, 1.165) is 0 Å². The van der Waals surface area contributed by atoms with Gasteiger partial charge in [0.25, 0.3) is 0 Å². The van der Waals surface area contributed by atoms with E-state index in [-0.39, 0.29) is 158 Å². The number of rotatable bonds is 0. The van der Waals surface area contributed by atoms with Gasteiger partial charge in [0.1, 0.15) is 0 Å². The number of hydrogen-bond acceptors (Lipinski definition) is 4. The molecule has 0 spiro atoms. The van der Waals surface area contributed by atoms with E-state index in [4.69, 9.17) is 40.2 Å². The number of aromatic hydroxyl groups is 2. The van der Waals surface area contributed by atoms with E-state index in [1.165, 1.54) is 0 Å². The van der Waals surface area contributed by atoms with Crippen molar-refractivity contribution in [1.29, 1.82) is 0 Å². The van der Waals surface area contributed by atoms with Gasteiger partial charge in [-0.25, -0.2) is 9.59 Å². The zero-order valence-corrected chi connectivity index (χ0v) is 26.6. The Morgan fingerprint density at radius 1 is 0.640 bits per heavy atom. The largest absolute Gasteiger partial charge is 2.00 e. The first-order valence-corrected chi connectivity index (χ1v) is 5.40. The van der Waals surface area contributed by atoms with E-state index >= 15 is 0 Å². The van der Waals surface area contributed by atoms with Gasteiger partial charge in [0.2, 0.25) is 0 Å². The van der Waals surface area contributed by atoms with Gasteiger partial charge >= 0.3 is 159 Å². The molecule has 0 aromatic heterocycles. The van der Waals surface area contributed by atoms with Crippen molar-refractivity contribution in [2.24, 2.45) is 0 Å². The molecule has 2 rings (SSSR count). The summed E-state index contributed by atoms with van der Waals surface area (Å²) in [5.74, 6) is 0.394. The fourth-order valence-corrected chi connectivity index (χ4v) is 0.768. The molecule has 11 heteroatoms. The first-order valence-electron chi connectivity index (χ1n) is 5.40. The number of phenolic OH excluding ortho intramolecular Hbond substituents is 2. The van der Waals surface area contributed by atoms with Crippen molar-refractivity contribution in [3.05, 3.63) is 60.7 Å². The second kappa shape index (κ2) is 27.5. The average Bonchev–Trinajstić information content (AvgIpc) is 2.40. The van der Waals surface area contributed by atoms with Crippen LogP contribution in [0.1, 0.15) is 0 Å². The Bertz CT molecular complexity index is 469. The minimum Gasteiger partial charge on any atom is -0.534 e. The molecule has 2 aromatic rings. The minimum absolute atomic E-state index is 0. The number of para-hydroxylation sites is 2. The Morgan fingerprint density at radius 3 is 0.960 bits per heavy atom. The fraction of sp³-hybridized carbons (Fsp3) is 0. The molecule has 0 aliphatic carbocycles. The maximum atomic E-state index is 8.58. The van der Waals surface area contributed by atoms with E-state index in [1.807, 2.05) is 0 Å². The average molecular weight is 722 g/mol. The molecule has 0 saturated carbocycles. The Hall–Kier alpha value is 1.29. The van der Waals surface area contributed by atoms with Crippen LogP contribution in [0.15, 0.2) is 48.5 Å². The van der Waals surface area contributed by atoms with Crippen molar-refractivity contribution < 1.29 is 40.2 Å². The molecule has 0 aliphatic heterocycles. The zero-order valence-electron chi connectivity index (χ0n) is 13.2. The smallest absolute Gasteiger partial charge is 0.534 e. The predicted octanol–water partition coefficient (Wildman–Crippen LogP) is 1.69. The van der Waals surface area contributed by atoms with Crippen molar-refractivity contribution in [2.75, 3.05) is 0 Å². The Kier molecular flexibility index (Phi) is 40.8. The van der Waals surface area contributed by atoms with E-state index < -0.39 is 12.3 Å². The molecule has 0 aliphatic rings. The maximum absolute atomic E-state index is 8.58. The standard InChI is InChI=1S/2C6H5O.2CH2O3.3Ba/c2*7-6-4-2-1-3-5-6;2*2-1(3)4;;;/h2*1-4,7H;2*(H2,2,3,4);;;/q2*-1;;;3*+2. The van der Waals surface area contributed by atoms with Crippen LogP contribution in [0, 0.1) is 12.1 Å². The summed E-state index contributed by atoms with van der Waals surface area (Å²) in [6.07, 6.45) is -3.67. The summed E-state index contributed by atoms with van der Waals surface area (Å²) in [4.78, 5) is 17.1. The summed E-state index contributed by atoms with van der Waals surface area (Å²) in [6.45, 7) is 0. The molecule has 2 aromatic carbocycles. The zero-order chi connectivity index (χ0) is 17.4. The number of carboxylic acid groups (broad SMARTS) is 4. The molecule has 0 fully saturated rings. The first kappa shape index (κ1) is 37.1. The molecular formula is C14H14Ba3O8+4. The third kappa shape index (κ3) is 45.9. The molecule has 0 bridgehead atoms. The third-order valence-corrected chi connectivity index (χ3v) is 1.39. The van der Waals surface area contributed by atoms with Gasteiger partial charge in [-0.15, -0.1) is 24.3 Å². The predicted molar refractivity (Wildman–Crippen MR) is 92.5 cm³/mol. The van der Waals surface area contributed by atoms with Gasteiger partial charge in [-0.2, -0.15) is 36.4 Å². The molecule has 120 valence electrons. The summed E-state index contributed by atoms with van der Waals surface area (Å²) in [6, 6.07) is 18.8. The van der Waals surface area contributed by atoms with Gasteiger partial charge in [-0.05, 0) is 0 Å². The molecule has 8 nitrogen and oxygen atoms in total. The minimum atomic E-state index is -1.83. The molecule has 6 N–H and O–H groups in total. The number of hydrogen-bond donors (Lipinski definition) is 6. The van der Waals surface area contributed by atoms with Crippen LogP contribution in [0.5, 0.6) is 11.5 Å². The van der Waals surface area contributed by atoms with Crippen LogP contribution in [0.25, 0.3) is 0 Å². The van der Waals surface area contributed by atoms with Gasteiger partial charge in [-0.1, -0.05) is 0 Å². The molecular weight excluding hydrogens is 708 g/mol. The van der Waals surface area contributed by atoms with E-state index in [1.54, 1.807) is 48.5 Å². The summed E-state index contributed by atoms with van der Waals surface area (Å²) in [7, 11) is 0. The Labute approximate surface area is 265 Å². The third-order valence-electron chi connectivity index (χ3n) is 1.39. The SMILES string of the molecule is O=C(O)O.O=C(O)O.Oc1[c-]cccc1.Oc1[c-]cccc1.[Ba+2].[Ba+2].[Ba+2]. The van der Waals surface area contributed by atoms with Gasteiger partial charge in [0.15, 0.2) is 0 Å². The summed E-state index contributed by atoms with van der Waals surface area (Å²) in [5.41, 5.74) is 0. The van der Waals surface area contributed by atoms with Gasteiger partial charge in [0, 0.05) is 11.5 Å². The van der Waals surface area contributed by atoms with Crippen molar-refractivity contribution in [3.8, 4) is 11.5 Å². The van der Waals surface area contributed by atoms with Crippen LogP contribution in [0.2, 0.25) is 0 Å². The van der Waals surface area contributed by atoms with Crippen LogP contribution in [0.3, 0.4) is 0 Å². The van der Waals surface area contributed by atoms with Crippen molar-refractivity contribution in [2.45, 2.75) is 0 Å². The monoisotopic (exact) mass is 724 g/mol. The second-order valence-electron chi connectivity index (χ2n) is 3.06. The first-order chi connectivity index (χ1) is 10.3. The fourth-order valence-electron chi connectivity index (χ4n) is 0.768. The van der Waals surface area contributed by atoms with Gasteiger partial charge in [-0.3, -0.25) is 0 Å². The Morgan fingerprint density at radius 2 is 0.880 bits per heavy atom. The van der Waals surface area contributed by atoms with Gasteiger partial charge < -0.3 is 30.6 Å². The molecule has 25 heavy (non-hydrogen) atoms. The number of carbonyl (C=O) groups is 2. The summed E-state index contributed by atoms with van der Waals surface area (Å²) in [5, 5.41) is 45.0. The normalized spacial score (nSPS) is 6.72. The molecule has 0 heterocycles. The van der Waals surface area contributed by atoms with Crippen LogP contribution >= 0.6 is 0 Å². The quantitative estimate of drug-likeness (QED) is 0.178. The van der Waals surface area contributed by atoms with Crippen LogP contribution in [-0.4, -0.2) is 190 Å².